The van der Waals surface area contributed by atoms with Gasteiger partial charge in [0.1, 0.15) is 11.3 Å². The number of nitrogens with one attached hydrogen (secondary N) is 2. The first-order chi connectivity index (χ1) is 13.5. The van der Waals surface area contributed by atoms with Crippen LogP contribution in [0.4, 0.5) is 4.79 Å². The lowest BCUT2D eigenvalue weighted by Crippen LogP contribution is -2.48. The lowest BCUT2D eigenvalue weighted by atomic mass is 10.1. The second-order valence-corrected chi connectivity index (χ2v) is 8.00. The predicted molar refractivity (Wildman–Crippen MR) is 109 cm³/mol. The van der Waals surface area contributed by atoms with Gasteiger partial charge in [0, 0.05) is 4.90 Å². The average Bonchev–Trinajstić information content (AvgIpc) is 2.62. The zero-order valence-electron chi connectivity index (χ0n) is 17.6. The second-order valence-electron chi connectivity index (χ2n) is 7.15. The number of alkyl carbamates (subject to hydrolysis) is 1. The Morgan fingerprint density at radius 3 is 2.45 bits per heavy atom. The number of aliphatic hydroxyl groups excluding tert-OH is 1. The number of aliphatic hydroxyl groups is 1. The van der Waals surface area contributed by atoms with Crippen LogP contribution in [-0.4, -0.2) is 58.7 Å². The van der Waals surface area contributed by atoms with Crippen molar-refractivity contribution in [2.45, 2.75) is 63.8 Å². The molecule has 2 atom stereocenters. The molecule has 0 aliphatic heterocycles. The Hall–Kier alpha value is -2.33. The third kappa shape index (κ3) is 8.28. The summed E-state index contributed by atoms with van der Waals surface area (Å²) in [5.74, 6) is -1.36. The molecule has 0 radical (unpaired) electrons. The Balaban J connectivity index is 2.96. The van der Waals surface area contributed by atoms with E-state index in [0.717, 1.165) is 0 Å². The standard InChI is InChI=1S/C19H29N3O6S/c1-7-27-17(25)14(11(2)23)22-16(24)15-13(29-6)9-8-12(21-15)10-20-18(26)28-19(3,4)5/h8-9,11,14,23H,7,10H2,1-6H3,(H,20,26)(H,22,24). The number of rotatable bonds is 8. The van der Waals surface area contributed by atoms with E-state index in [2.05, 4.69) is 15.6 Å². The van der Waals surface area contributed by atoms with Crippen molar-refractivity contribution in [3.05, 3.63) is 23.5 Å². The number of carbonyl (C=O) groups is 3. The van der Waals surface area contributed by atoms with Gasteiger partial charge in [-0.25, -0.2) is 14.6 Å². The molecule has 0 fully saturated rings. The molecule has 29 heavy (non-hydrogen) atoms. The minimum Gasteiger partial charge on any atom is -0.464 e. The minimum absolute atomic E-state index is 0.0571. The molecule has 0 aromatic carbocycles. The molecule has 1 aromatic heterocycles. The van der Waals surface area contributed by atoms with Gasteiger partial charge in [0.2, 0.25) is 0 Å². The molecule has 1 rings (SSSR count). The Kier molecular flexibility index (Phi) is 9.38. The van der Waals surface area contributed by atoms with Gasteiger partial charge in [-0.3, -0.25) is 4.79 Å². The van der Waals surface area contributed by atoms with E-state index in [4.69, 9.17) is 9.47 Å². The summed E-state index contributed by atoms with van der Waals surface area (Å²) >= 11 is 1.30. The van der Waals surface area contributed by atoms with Crippen molar-refractivity contribution in [2.75, 3.05) is 12.9 Å². The number of ether oxygens (including phenoxy) is 2. The smallest absolute Gasteiger partial charge is 0.407 e. The van der Waals surface area contributed by atoms with E-state index < -0.39 is 35.7 Å². The second kappa shape index (κ2) is 11.0. The first-order valence-electron chi connectivity index (χ1n) is 9.14. The van der Waals surface area contributed by atoms with Gasteiger partial charge in [-0.15, -0.1) is 11.8 Å². The molecule has 0 spiro atoms. The monoisotopic (exact) mass is 427 g/mol. The third-order valence-electron chi connectivity index (χ3n) is 3.47. The van der Waals surface area contributed by atoms with Crippen LogP contribution in [0.2, 0.25) is 0 Å². The van der Waals surface area contributed by atoms with Crippen LogP contribution < -0.4 is 10.6 Å². The fourth-order valence-electron chi connectivity index (χ4n) is 2.21. The Bertz CT molecular complexity index is 733. The number of thioether (sulfide) groups is 1. The number of aromatic nitrogens is 1. The van der Waals surface area contributed by atoms with Gasteiger partial charge >= 0.3 is 12.1 Å². The molecular formula is C19H29N3O6S. The highest BCUT2D eigenvalue weighted by molar-refractivity contribution is 7.98. The lowest BCUT2D eigenvalue weighted by molar-refractivity contribution is -0.148. The van der Waals surface area contributed by atoms with Crippen molar-refractivity contribution in [3.63, 3.8) is 0 Å². The summed E-state index contributed by atoms with van der Waals surface area (Å²) in [6.45, 7) is 8.45. The predicted octanol–water partition coefficient (Wildman–Crippen LogP) is 1.87. The Morgan fingerprint density at radius 2 is 1.93 bits per heavy atom. The molecule has 0 bridgehead atoms. The quantitative estimate of drug-likeness (QED) is 0.424. The molecule has 2 unspecified atom stereocenters. The maximum absolute atomic E-state index is 12.7. The van der Waals surface area contributed by atoms with Crippen LogP contribution in [0.3, 0.4) is 0 Å². The molecule has 10 heteroatoms. The van der Waals surface area contributed by atoms with Crippen LogP contribution in [0, 0.1) is 0 Å². The van der Waals surface area contributed by atoms with Crippen molar-refractivity contribution in [3.8, 4) is 0 Å². The minimum atomic E-state index is -1.22. The van der Waals surface area contributed by atoms with E-state index >= 15 is 0 Å². The molecule has 0 saturated heterocycles. The van der Waals surface area contributed by atoms with Crippen LogP contribution in [0.5, 0.6) is 0 Å². The lowest BCUT2D eigenvalue weighted by Gasteiger charge is -2.20. The van der Waals surface area contributed by atoms with Crippen molar-refractivity contribution < 1.29 is 29.0 Å². The number of nitrogens with zero attached hydrogens (tertiary/aromatic N) is 1. The van der Waals surface area contributed by atoms with Crippen LogP contribution in [-0.2, 0) is 20.8 Å². The van der Waals surface area contributed by atoms with E-state index in [9.17, 15) is 19.5 Å². The Labute approximate surface area is 174 Å². The van der Waals surface area contributed by atoms with E-state index in [1.807, 2.05) is 0 Å². The number of carbonyl (C=O) groups excluding carboxylic acids is 3. The average molecular weight is 428 g/mol. The third-order valence-corrected chi connectivity index (χ3v) is 4.24. The fourth-order valence-corrected chi connectivity index (χ4v) is 2.74. The normalized spacial score (nSPS) is 13.2. The molecule has 0 saturated carbocycles. The van der Waals surface area contributed by atoms with Crippen LogP contribution in [0.1, 0.15) is 50.8 Å². The first kappa shape index (κ1) is 24.7. The van der Waals surface area contributed by atoms with Gasteiger partial charge in [0.25, 0.3) is 5.91 Å². The van der Waals surface area contributed by atoms with Crippen molar-refractivity contribution in [1.29, 1.82) is 0 Å². The molecule has 162 valence electrons. The van der Waals surface area contributed by atoms with Crippen molar-refractivity contribution >= 4 is 29.7 Å². The number of pyridine rings is 1. The van der Waals surface area contributed by atoms with E-state index in [-0.39, 0.29) is 18.8 Å². The number of amides is 2. The summed E-state index contributed by atoms with van der Waals surface area (Å²) in [6, 6.07) is 2.15. The summed E-state index contributed by atoms with van der Waals surface area (Å²) in [6.07, 6.45) is 0.0349. The zero-order valence-corrected chi connectivity index (χ0v) is 18.4. The van der Waals surface area contributed by atoms with Gasteiger partial charge in [-0.1, -0.05) is 0 Å². The highest BCUT2D eigenvalue weighted by Crippen LogP contribution is 2.19. The van der Waals surface area contributed by atoms with Gasteiger partial charge in [-0.05, 0) is 53.0 Å². The SMILES string of the molecule is CCOC(=O)C(NC(=O)c1nc(CNC(=O)OC(C)(C)C)ccc1SC)C(C)O. The Morgan fingerprint density at radius 1 is 1.28 bits per heavy atom. The summed E-state index contributed by atoms with van der Waals surface area (Å²) in [7, 11) is 0. The van der Waals surface area contributed by atoms with Crippen LogP contribution in [0.25, 0.3) is 0 Å². The fraction of sp³-hybridized carbons (Fsp3) is 0.579. The largest absolute Gasteiger partial charge is 0.464 e. The molecular weight excluding hydrogens is 398 g/mol. The van der Waals surface area contributed by atoms with Gasteiger partial charge < -0.3 is 25.2 Å². The molecule has 0 aliphatic carbocycles. The van der Waals surface area contributed by atoms with Crippen molar-refractivity contribution in [2.24, 2.45) is 0 Å². The molecule has 2 amide bonds. The molecule has 1 aromatic rings. The maximum Gasteiger partial charge on any atom is 0.407 e. The number of hydrogen-bond donors (Lipinski definition) is 3. The highest BCUT2D eigenvalue weighted by atomic mass is 32.2. The molecule has 0 aliphatic rings. The first-order valence-corrected chi connectivity index (χ1v) is 10.4. The zero-order chi connectivity index (χ0) is 22.2. The summed E-state index contributed by atoms with van der Waals surface area (Å²) in [5.41, 5.74) is -0.117. The van der Waals surface area contributed by atoms with E-state index in [1.54, 1.807) is 46.1 Å². The summed E-state index contributed by atoms with van der Waals surface area (Å²) in [5, 5.41) is 14.9. The van der Waals surface area contributed by atoms with Crippen LogP contribution >= 0.6 is 11.8 Å². The number of hydrogen-bond acceptors (Lipinski definition) is 8. The number of esters is 1. The topological polar surface area (TPSA) is 127 Å². The van der Waals surface area contributed by atoms with Crippen LogP contribution in [0.15, 0.2) is 17.0 Å². The van der Waals surface area contributed by atoms with E-state index in [1.165, 1.54) is 18.7 Å². The van der Waals surface area contributed by atoms with Gasteiger partial charge in [0.05, 0.1) is 24.9 Å². The summed E-state index contributed by atoms with van der Waals surface area (Å²) in [4.78, 5) is 41.4. The molecule has 3 N–H and O–H groups in total. The summed E-state index contributed by atoms with van der Waals surface area (Å²) < 4.78 is 10.1. The van der Waals surface area contributed by atoms with Gasteiger partial charge in [0.15, 0.2) is 6.04 Å². The molecule has 9 nitrogen and oxygen atoms in total. The van der Waals surface area contributed by atoms with Crippen molar-refractivity contribution in [1.82, 2.24) is 15.6 Å². The maximum atomic E-state index is 12.7. The molecule has 1 heterocycles. The highest BCUT2D eigenvalue weighted by Gasteiger charge is 2.28. The van der Waals surface area contributed by atoms with Gasteiger partial charge in [-0.2, -0.15) is 0 Å². The van der Waals surface area contributed by atoms with E-state index in [0.29, 0.717) is 10.6 Å².